The number of halogens is 1. The van der Waals surface area contributed by atoms with Crippen LogP contribution in [0.1, 0.15) is 0 Å². The Balaban J connectivity index is 2.20. The summed E-state index contributed by atoms with van der Waals surface area (Å²) in [5.41, 5.74) is 0. The quantitative estimate of drug-likeness (QED) is 0.686. The lowest BCUT2D eigenvalue weighted by Gasteiger charge is -2.13. The normalized spacial score (nSPS) is 11.9. The van der Waals surface area contributed by atoms with Gasteiger partial charge in [-0.1, -0.05) is 22.0 Å². The van der Waals surface area contributed by atoms with Gasteiger partial charge in [0.1, 0.15) is 18.5 Å². The number of hydrogen-bond donors (Lipinski definition) is 3. The van der Waals surface area contributed by atoms with E-state index in [-0.39, 0.29) is 19.1 Å². The van der Waals surface area contributed by atoms with Gasteiger partial charge >= 0.3 is 0 Å². The molecule has 6 heteroatoms. The van der Waals surface area contributed by atoms with Crippen LogP contribution in [0.3, 0.4) is 0 Å². The van der Waals surface area contributed by atoms with Gasteiger partial charge in [-0.05, 0) is 18.2 Å². The zero-order chi connectivity index (χ0) is 13.4. The minimum Gasteiger partial charge on any atom is -0.491 e. The van der Waals surface area contributed by atoms with Crippen LogP contribution in [0.2, 0.25) is 0 Å². The number of aliphatic hydroxyl groups excluding tert-OH is 1. The van der Waals surface area contributed by atoms with E-state index in [9.17, 15) is 9.90 Å². The fourth-order valence-electron chi connectivity index (χ4n) is 1.25. The number of hydrogen-bond acceptors (Lipinski definition) is 4. The van der Waals surface area contributed by atoms with Crippen molar-refractivity contribution in [1.29, 1.82) is 0 Å². The lowest BCUT2D eigenvalue weighted by atomic mass is 10.3. The van der Waals surface area contributed by atoms with Crippen LogP contribution in [0, 0.1) is 0 Å². The molecule has 1 rings (SSSR count). The minimum atomic E-state index is -0.659. The maximum atomic E-state index is 10.9. The van der Waals surface area contributed by atoms with Crippen LogP contribution in [0.5, 0.6) is 5.75 Å². The molecule has 100 valence electrons. The second-order valence-electron chi connectivity index (χ2n) is 3.73. The number of carbonyl (C=O) groups excluding carboxylic acids is 1. The van der Waals surface area contributed by atoms with Crippen molar-refractivity contribution in [2.24, 2.45) is 0 Å². The first-order valence-electron chi connectivity index (χ1n) is 5.59. The Morgan fingerprint density at radius 2 is 2.33 bits per heavy atom. The summed E-state index contributed by atoms with van der Waals surface area (Å²) >= 11 is 3.34. The molecule has 0 aromatic heterocycles. The van der Waals surface area contributed by atoms with E-state index in [4.69, 9.17) is 4.74 Å². The highest BCUT2D eigenvalue weighted by Gasteiger charge is 2.06. The molecule has 18 heavy (non-hydrogen) atoms. The second kappa shape index (κ2) is 8.07. The summed E-state index contributed by atoms with van der Waals surface area (Å²) in [5, 5.41) is 14.9. The van der Waals surface area contributed by atoms with Gasteiger partial charge in [-0.25, -0.2) is 0 Å². The predicted octanol–water partition coefficient (Wildman–Crippen LogP) is 0.524. The van der Waals surface area contributed by atoms with Gasteiger partial charge in [-0.15, -0.1) is 0 Å². The largest absolute Gasteiger partial charge is 0.491 e. The van der Waals surface area contributed by atoms with Crippen LogP contribution >= 0.6 is 15.9 Å². The van der Waals surface area contributed by atoms with Crippen molar-refractivity contribution < 1.29 is 14.6 Å². The number of amides is 1. The maximum Gasteiger partial charge on any atom is 0.233 e. The lowest BCUT2D eigenvalue weighted by Crippen LogP contribution is -2.37. The number of likely N-dealkylation sites (N-methyl/N-ethyl adjacent to an activating group) is 1. The fraction of sp³-hybridized carbons (Fsp3) is 0.417. The van der Waals surface area contributed by atoms with E-state index < -0.39 is 6.10 Å². The van der Waals surface area contributed by atoms with Gasteiger partial charge in [0.2, 0.25) is 5.91 Å². The molecule has 0 spiro atoms. The van der Waals surface area contributed by atoms with E-state index in [1.807, 2.05) is 24.3 Å². The summed E-state index contributed by atoms with van der Waals surface area (Å²) in [7, 11) is 1.57. The van der Waals surface area contributed by atoms with Crippen LogP contribution in [0.15, 0.2) is 28.7 Å². The molecular weight excluding hydrogens is 300 g/mol. The molecule has 0 saturated heterocycles. The maximum absolute atomic E-state index is 10.9. The molecule has 1 aromatic carbocycles. The topological polar surface area (TPSA) is 70.6 Å². The minimum absolute atomic E-state index is 0.116. The van der Waals surface area contributed by atoms with Gasteiger partial charge in [0.25, 0.3) is 0 Å². The van der Waals surface area contributed by atoms with Crippen molar-refractivity contribution in [2.75, 3.05) is 26.7 Å². The highest BCUT2D eigenvalue weighted by Crippen LogP contribution is 2.17. The monoisotopic (exact) mass is 316 g/mol. The van der Waals surface area contributed by atoms with Gasteiger partial charge in [-0.2, -0.15) is 0 Å². The summed E-state index contributed by atoms with van der Waals surface area (Å²) in [6.45, 7) is 0.670. The molecule has 1 unspecified atom stereocenters. The van der Waals surface area contributed by atoms with Crippen molar-refractivity contribution in [3.63, 3.8) is 0 Å². The predicted molar refractivity (Wildman–Crippen MR) is 72.6 cm³/mol. The molecule has 0 aliphatic heterocycles. The Hall–Kier alpha value is -1.11. The Labute approximate surface area is 115 Å². The number of benzene rings is 1. The summed E-state index contributed by atoms with van der Waals surface area (Å²) in [4.78, 5) is 10.9. The molecule has 0 heterocycles. The van der Waals surface area contributed by atoms with E-state index in [1.54, 1.807) is 7.05 Å². The van der Waals surface area contributed by atoms with Crippen molar-refractivity contribution in [3.05, 3.63) is 28.7 Å². The van der Waals surface area contributed by atoms with Crippen molar-refractivity contribution in [1.82, 2.24) is 10.6 Å². The third kappa shape index (κ3) is 6.00. The summed E-state index contributed by atoms with van der Waals surface area (Å²) < 4.78 is 6.34. The van der Waals surface area contributed by atoms with E-state index in [0.717, 1.165) is 4.47 Å². The number of carbonyl (C=O) groups is 1. The molecule has 3 N–H and O–H groups in total. The molecule has 0 aliphatic rings. The third-order valence-electron chi connectivity index (χ3n) is 2.18. The van der Waals surface area contributed by atoms with Crippen LogP contribution in [-0.2, 0) is 4.79 Å². The summed E-state index contributed by atoms with van der Waals surface area (Å²) in [6.07, 6.45) is -0.659. The van der Waals surface area contributed by atoms with E-state index in [2.05, 4.69) is 26.6 Å². The smallest absolute Gasteiger partial charge is 0.233 e. The van der Waals surface area contributed by atoms with Gasteiger partial charge in [-0.3, -0.25) is 4.79 Å². The highest BCUT2D eigenvalue weighted by atomic mass is 79.9. The van der Waals surface area contributed by atoms with Crippen molar-refractivity contribution in [2.45, 2.75) is 6.10 Å². The van der Waals surface area contributed by atoms with Gasteiger partial charge in [0.05, 0.1) is 6.54 Å². The van der Waals surface area contributed by atoms with E-state index >= 15 is 0 Å². The number of ether oxygens (including phenoxy) is 1. The molecule has 0 fully saturated rings. The molecule has 1 aromatic rings. The van der Waals surface area contributed by atoms with Crippen LogP contribution in [-0.4, -0.2) is 43.9 Å². The van der Waals surface area contributed by atoms with Crippen LogP contribution in [0.25, 0.3) is 0 Å². The van der Waals surface area contributed by atoms with E-state index in [1.165, 1.54) is 0 Å². The van der Waals surface area contributed by atoms with E-state index in [0.29, 0.717) is 12.3 Å². The Morgan fingerprint density at radius 3 is 3.00 bits per heavy atom. The number of rotatable bonds is 7. The molecular formula is C12H17BrN2O3. The molecule has 0 aliphatic carbocycles. The Bertz CT molecular complexity index is 387. The SMILES string of the molecule is CNC(=O)CNCC(O)COc1cccc(Br)c1. The molecule has 5 nitrogen and oxygen atoms in total. The third-order valence-corrected chi connectivity index (χ3v) is 2.68. The van der Waals surface area contributed by atoms with Crippen LogP contribution in [0.4, 0.5) is 0 Å². The first-order valence-corrected chi connectivity index (χ1v) is 6.39. The first-order chi connectivity index (χ1) is 8.61. The standard InChI is InChI=1S/C12H17BrN2O3/c1-14-12(17)7-15-6-10(16)8-18-11-4-2-3-9(13)5-11/h2-5,10,15-16H,6-8H2,1H3,(H,14,17). The van der Waals surface area contributed by atoms with Gasteiger partial charge < -0.3 is 20.5 Å². The van der Waals surface area contributed by atoms with Gasteiger partial charge in [0, 0.05) is 18.1 Å². The highest BCUT2D eigenvalue weighted by molar-refractivity contribution is 9.10. The number of nitrogens with one attached hydrogen (secondary N) is 2. The molecule has 1 amide bonds. The first kappa shape index (κ1) is 14.9. The van der Waals surface area contributed by atoms with Crippen molar-refractivity contribution in [3.8, 4) is 5.75 Å². The molecule has 0 bridgehead atoms. The summed E-state index contributed by atoms with van der Waals surface area (Å²) in [6, 6.07) is 7.39. The molecule has 1 atom stereocenters. The average molecular weight is 317 g/mol. The Kier molecular flexibility index (Phi) is 6.70. The lowest BCUT2D eigenvalue weighted by molar-refractivity contribution is -0.119. The molecule has 0 saturated carbocycles. The summed E-state index contributed by atoms with van der Waals surface area (Å²) in [5.74, 6) is 0.574. The number of aliphatic hydroxyl groups is 1. The fourth-order valence-corrected chi connectivity index (χ4v) is 1.63. The van der Waals surface area contributed by atoms with Crippen LogP contribution < -0.4 is 15.4 Å². The molecule has 0 radical (unpaired) electrons. The average Bonchev–Trinajstić information content (AvgIpc) is 2.36. The van der Waals surface area contributed by atoms with Gasteiger partial charge in [0.15, 0.2) is 0 Å². The Morgan fingerprint density at radius 1 is 1.56 bits per heavy atom. The zero-order valence-electron chi connectivity index (χ0n) is 10.1. The van der Waals surface area contributed by atoms with Crippen molar-refractivity contribution >= 4 is 21.8 Å². The second-order valence-corrected chi connectivity index (χ2v) is 4.64. The zero-order valence-corrected chi connectivity index (χ0v) is 11.7.